The molecule has 1 aliphatic heterocycles. The first-order chi connectivity index (χ1) is 11.2. The van der Waals surface area contributed by atoms with E-state index in [1.807, 2.05) is 30.3 Å². The van der Waals surface area contributed by atoms with Gasteiger partial charge in [0.05, 0.1) is 7.11 Å². The number of amides is 1. The summed E-state index contributed by atoms with van der Waals surface area (Å²) in [5, 5.41) is 9.82. The van der Waals surface area contributed by atoms with Crippen LogP contribution in [0.4, 0.5) is 4.79 Å². The fraction of sp³-hybridized carbons (Fsp3) is 0.278. The van der Waals surface area contributed by atoms with Crippen molar-refractivity contribution in [2.45, 2.75) is 19.6 Å². The first-order valence-corrected chi connectivity index (χ1v) is 7.52. The highest BCUT2D eigenvalue weighted by molar-refractivity contribution is 5.68. The van der Waals surface area contributed by atoms with Gasteiger partial charge in [-0.2, -0.15) is 0 Å². The largest absolute Gasteiger partial charge is 0.504 e. The quantitative estimate of drug-likeness (QED) is 0.946. The number of fused-ring (bicyclic) bond motifs is 1. The molecular weight excluding hydrogens is 294 g/mol. The second-order valence-electron chi connectivity index (χ2n) is 5.50. The predicted octanol–water partition coefficient (Wildman–Crippen LogP) is 3.10. The molecule has 0 spiro atoms. The average Bonchev–Trinajstić information content (AvgIpc) is 2.59. The molecule has 0 aliphatic carbocycles. The number of rotatable bonds is 3. The van der Waals surface area contributed by atoms with Crippen molar-refractivity contribution in [2.24, 2.45) is 0 Å². The monoisotopic (exact) mass is 313 g/mol. The molecule has 5 heteroatoms. The van der Waals surface area contributed by atoms with Crippen LogP contribution in [0.15, 0.2) is 42.5 Å². The molecule has 1 aliphatic rings. The minimum absolute atomic E-state index is 0.131. The molecule has 0 unspecified atom stereocenters. The molecule has 0 bridgehead atoms. The summed E-state index contributed by atoms with van der Waals surface area (Å²) in [5.41, 5.74) is 2.97. The third-order valence-electron chi connectivity index (χ3n) is 3.98. The number of aromatic hydroxyl groups is 1. The van der Waals surface area contributed by atoms with Crippen molar-refractivity contribution in [3.05, 3.63) is 59.2 Å². The topological polar surface area (TPSA) is 59.0 Å². The number of benzene rings is 2. The Hall–Kier alpha value is -2.69. The number of ether oxygens (including phenoxy) is 2. The Labute approximate surface area is 135 Å². The van der Waals surface area contributed by atoms with Crippen LogP contribution in [0.5, 0.6) is 11.5 Å². The van der Waals surface area contributed by atoms with Gasteiger partial charge in [-0.3, -0.25) is 0 Å². The number of carbonyl (C=O) groups is 1. The highest BCUT2D eigenvalue weighted by Gasteiger charge is 2.23. The molecule has 23 heavy (non-hydrogen) atoms. The van der Waals surface area contributed by atoms with Crippen molar-refractivity contribution in [2.75, 3.05) is 13.7 Å². The van der Waals surface area contributed by atoms with Crippen molar-refractivity contribution < 1.29 is 19.4 Å². The van der Waals surface area contributed by atoms with Crippen LogP contribution in [0.3, 0.4) is 0 Å². The van der Waals surface area contributed by atoms with Gasteiger partial charge < -0.3 is 19.5 Å². The van der Waals surface area contributed by atoms with E-state index in [1.54, 1.807) is 17.0 Å². The fourth-order valence-electron chi connectivity index (χ4n) is 2.70. The van der Waals surface area contributed by atoms with Gasteiger partial charge in [-0.25, -0.2) is 4.79 Å². The van der Waals surface area contributed by atoms with E-state index < -0.39 is 0 Å². The van der Waals surface area contributed by atoms with Gasteiger partial charge in [0.15, 0.2) is 11.5 Å². The smallest absolute Gasteiger partial charge is 0.410 e. The van der Waals surface area contributed by atoms with Crippen LogP contribution in [0.1, 0.15) is 16.7 Å². The van der Waals surface area contributed by atoms with E-state index in [1.165, 1.54) is 7.11 Å². The van der Waals surface area contributed by atoms with E-state index >= 15 is 0 Å². The summed E-state index contributed by atoms with van der Waals surface area (Å²) in [6.07, 6.45) is 0.361. The molecule has 0 radical (unpaired) electrons. The van der Waals surface area contributed by atoms with E-state index in [0.717, 1.165) is 16.7 Å². The van der Waals surface area contributed by atoms with E-state index in [-0.39, 0.29) is 18.4 Å². The maximum Gasteiger partial charge on any atom is 0.410 e. The van der Waals surface area contributed by atoms with Crippen molar-refractivity contribution in [1.82, 2.24) is 4.90 Å². The normalized spacial score (nSPS) is 13.3. The summed E-state index contributed by atoms with van der Waals surface area (Å²) >= 11 is 0. The number of hydrogen-bond acceptors (Lipinski definition) is 4. The molecule has 2 aromatic rings. The zero-order valence-electron chi connectivity index (χ0n) is 13.0. The molecule has 2 aromatic carbocycles. The van der Waals surface area contributed by atoms with Gasteiger partial charge in [0.25, 0.3) is 0 Å². The molecule has 0 aromatic heterocycles. The molecule has 0 fully saturated rings. The first-order valence-electron chi connectivity index (χ1n) is 7.52. The van der Waals surface area contributed by atoms with Crippen molar-refractivity contribution in [1.29, 1.82) is 0 Å². The van der Waals surface area contributed by atoms with Crippen LogP contribution >= 0.6 is 0 Å². The van der Waals surface area contributed by atoms with Gasteiger partial charge in [-0.05, 0) is 35.2 Å². The number of carbonyl (C=O) groups excluding carboxylic acids is 1. The SMILES string of the molecule is COc1cc2c(cc1O)CCN(C(=O)OCc1ccccc1)C2. The highest BCUT2D eigenvalue weighted by atomic mass is 16.6. The lowest BCUT2D eigenvalue weighted by atomic mass is 9.99. The lowest BCUT2D eigenvalue weighted by Crippen LogP contribution is -2.36. The van der Waals surface area contributed by atoms with Crippen LogP contribution in [-0.2, 0) is 24.3 Å². The number of nitrogens with zero attached hydrogens (tertiary/aromatic N) is 1. The van der Waals surface area contributed by atoms with Gasteiger partial charge in [-0.15, -0.1) is 0 Å². The van der Waals surface area contributed by atoms with Crippen LogP contribution in [-0.4, -0.2) is 29.8 Å². The first kappa shape index (κ1) is 15.2. The molecule has 1 N–H and O–H groups in total. The van der Waals surface area contributed by atoms with E-state index in [0.29, 0.717) is 25.3 Å². The number of phenols is 1. The van der Waals surface area contributed by atoms with Gasteiger partial charge in [-0.1, -0.05) is 30.3 Å². The zero-order chi connectivity index (χ0) is 16.2. The second kappa shape index (κ2) is 6.60. The lowest BCUT2D eigenvalue weighted by Gasteiger charge is -2.28. The predicted molar refractivity (Wildman–Crippen MR) is 85.4 cm³/mol. The van der Waals surface area contributed by atoms with Crippen LogP contribution < -0.4 is 4.74 Å². The van der Waals surface area contributed by atoms with E-state index in [4.69, 9.17) is 9.47 Å². The lowest BCUT2D eigenvalue weighted by molar-refractivity contribution is 0.0918. The summed E-state index contributed by atoms with van der Waals surface area (Å²) in [7, 11) is 1.51. The summed E-state index contributed by atoms with van der Waals surface area (Å²) in [6, 6.07) is 13.1. The third-order valence-corrected chi connectivity index (χ3v) is 3.98. The summed E-state index contributed by atoms with van der Waals surface area (Å²) in [4.78, 5) is 13.9. The Morgan fingerprint density at radius 3 is 2.74 bits per heavy atom. The number of hydrogen-bond donors (Lipinski definition) is 1. The summed E-state index contributed by atoms with van der Waals surface area (Å²) in [6.45, 7) is 1.30. The van der Waals surface area contributed by atoms with Gasteiger partial charge in [0.1, 0.15) is 6.61 Å². The molecule has 3 rings (SSSR count). The minimum atomic E-state index is -0.327. The molecule has 120 valence electrons. The van der Waals surface area contributed by atoms with Crippen molar-refractivity contribution in [3.8, 4) is 11.5 Å². The molecule has 1 amide bonds. The van der Waals surface area contributed by atoms with Gasteiger partial charge in [0.2, 0.25) is 0 Å². The molecule has 0 saturated heterocycles. The van der Waals surface area contributed by atoms with Crippen LogP contribution in [0.2, 0.25) is 0 Å². The van der Waals surface area contributed by atoms with E-state index in [2.05, 4.69) is 0 Å². The number of phenolic OH excluding ortho intramolecular Hbond substituents is 1. The summed E-state index contributed by atoms with van der Waals surface area (Å²) in [5.74, 6) is 0.551. The third kappa shape index (κ3) is 3.39. The zero-order valence-corrected chi connectivity index (χ0v) is 13.0. The Kier molecular flexibility index (Phi) is 4.37. The average molecular weight is 313 g/mol. The number of methoxy groups -OCH3 is 1. The molecule has 5 nitrogen and oxygen atoms in total. The maximum atomic E-state index is 12.2. The Morgan fingerprint density at radius 2 is 2.00 bits per heavy atom. The molecule has 0 saturated carbocycles. The standard InChI is InChI=1S/C18H19NO4/c1-22-17-10-15-11-19(8-7-14(15)9-16(17)20)18(21)23-12-13-5-3-2-4-6-13/h2-6,9-10,20H,7-8,11-12H2,1H3. The molecular formula is C18H19NO4. The Bertz CT molecular complexity index is 700. The fourth-order valence-corrected chi connectivity index (χ4v) is 2.70. The molecule has 0 atom stereocenters. The van der Waals surface area contributed by atoms with Gasteiger partial charge in [0, 0.05) is 13.1 Å². The Balaban J connectivity index is 1.65. The molecule has 1 heterocycles. The summed E-state index contributed by atoms with van der Waals surface area (Å²) < 4.78 is 10.5. The highest BCUT2D eigenvalue weighted by Crippen LogP contribution is 2.32. The van der Waals surface area contributed by atoms with E-state index in [9.17, 15) is 9.90 Å². The van der Waals surface area contributed by atoms with Crippen LogP contribution in [0.25, 0.3) is 0 Å². The minimum Gasteiger partial charge on any atom is -0.504 e. The second-order valence-corrected chi connectivity index (χ2v) is 5.50. The van der Waals surface area contributed by atoms with Gasteiger partial charge >= 0.3 is 6.09 Å². The van der Waals surface area contributed by atoms with Crippen molar-refractivity contribution >= 4 is 6.09 Å². The Morgan fingerprint density at radius 1 is 1.22 bits per heavy atom. The van der Waals surface area contributed by atoms with Crippen molar-refractivity contribution in [3.63, 3.8) is 0 Å². The van der Waals surface area contributed by atoms with Crippen LogP contribution in [0, 0.1) is 0 Å². The maximum absolute atomic E-state index is 12.2.